The zero-order valence-electron chi connectivity index (χ0n) is 5.52. The van der Waals surface area contributed by atoms with Crippen LogP contribution in [0.25, 0.3) is 0 Å². The molecule has 1 atom stereocenters. The van der Waals surface area contributed by atoms with Crippen LogP contribution in [0.4, 0.5) is 13.2 Å². The number of nitrogens with two attached hydrogens (primary N) is 1. The van der Waals surface area contributed by atoms with Gasteiger partial charge in [-0.15, -0.1) is 0 Å². The summed E-state index contributed by atoms with van der Waals surface area (Å²) in [4.78, 5) is 0. The zero-order chi connectivity index (χ0) is 8.43. The Morgan fingerprint density at radius 3 is 1.91 bits per heavy atom. The monoisotopic (exact) mass is 161 g/mol. The number of alkyl halides is 1. The van der Waals surface area contributed by atoms with Crippen molar-refractivity contribution in [1.82, 2.24) is 0 Å². The van der Waals surface area contributed by atoms with Gasteiger partial charge in [0.25, 0.3) is 0 Å². The summed E-state index contributed by atoms with van der Waals surface area (Å²) in [6, 6.07) is 2.37. The van der Waals surface area contributed by atoms with Crippen LogP contribution in [-0.2, 0) is 0 Å². The summed E-state index contributed by atoms with van der Waals surface area (Å²) in [5.41, 5.74) is 4.56. The quantitative estimate of drug-likeness (QED) is 0.625. The zero-order valence-corrected chi connectivity index (χ0v) is 5.52. The Kier molecular flexibility index (Phi) is 2.14. The predicted molar refractivity (Wildman–Crippen MR) is 34.4 cm³/mol. The molecule has 0 aliphatic carbocycles. The van der Waals surface area contributed by atoms with Gasteiger partial charge in [0.15, 0.2) is 6.30 Å². The summed E-state index contributed by atoms with van der Waals surface area (Å²) in [6.45, 7) is 0. The van der Waals surface area contributed by atoms with Gasteiger partial charge in [0.2, 0.25) is 0 Å². The molecule has 0 aliphatic rings. The van der Waals surface area contributed by atoms with E-state index in [0.29, 0.717) is 6.07 Å². The number of benzene rings is 1. The highest BCUT2D eigenvalue weighted by Crippen LogP contribution is 2.14. The van der Waals surface area contributed by atoms with Crippen LogP contribution in [0.2, 0.25) is 0 Å². The molecule has 1 unspecified atom stereocenters. The second kappa shape index (κ2) is 2.92. The van der Waals surface area contributed by atoms with E-state index < -0.39 is 17.9 Å². The second-order valence-electron chi connectivity index (χ2n) is 2.10. The van der Waals surface area contributed by atoms with Crippen molar-refractivity contribution in [3.63, 3.8) is 0 Å². The molecule has 0 aliphatic heterocycles. The third-order valence-corrected chi connectivity index (χ3v) is 1.20. The molecule has 1 nitrogen and oxygen atoms in total. The van der Waals surface area contributed by atoms with Crippen molar-refractivity contribution in [1.29, 1.82) is 0 Å². The molecule has 0 saturated carbocycles. The topological polar surface area (TPSA) is 26.0 Å². The highest BCUT2D eigenvalue weighted by Gasteiger charge is 2.06. The molecule has 1 aromatic rings. The van der Waals surface area contributed by atoms with Crippen LogP contribution in [-0.4, -0.2) is 0 Å². The first-order chi connectivity index (χ1) is 5.09. The molecule has 0 amide bonds. The van der Waals surface area contributed by atoms with E-state index in [1.165, 1.54) is 0 Å². The lowest BCUT2D eigenvalue weighted by atomic mass is 10.2. The Bertz CT molecular complexity index is 240. The molecule has 0 fully saturated rings. The van der Waals surface area contributed by atoms with Gasteiger partial charge in [-0.3, -0.25) is 5.73 Å². The molecule has 60 valence electrons. The second-order valence-corrected chi connectivity index (χ2v) is 2.10. The molecule has 0 saturated heterocycles. The molecule has 11 heavy (non-hydrogen) atoms. The van der Waals surface area contributed by atoms with Crippen LogP contribution >= 0.6 is 0 Å². The maximum atomic E-state index is 12.3. The molecule has 2 N–H and O–H groups in total. The maximum absolute atomic E-state index is 12.3. The maximum Gasteiger partial charge on any atom is 0.174 e. The van der Waals surface area contributed by atoms with Crippen molar-refractivity contribution < 1.29 is 13.2 Å². The molecule has 0 spiro atoms. The van der Waals surface area contributed by atoms with Crippen molar-refractivity contribution in [3.05, 3.63) is 35.4 Å². The highest BCUT2D eigenvalue weighted by molar-refractivity contribution is 5.19. The van der Waals surface area contributed by atoms with E-state index in [1.807, 2.05) is 0 Å². The van der Waals surface area contributed by atoms with Crippen LogP contribution < -0.4 is 5.73 Å². The first-order valence-corrected chi connectivity index (χ1v) is 2.95. The van der Waals surface area contributed by atoms with Crippen molar-refractivity contribution >= 4 is 0 Å². The summed E-state index contributed by atoms with van der Waals surface area (Å²) in [5.74, 6) is -1.65. The van der Waals surface area contributed by atoms with E-state index in [0.717, 1.165) is 12.1 Å². The van der Waals surface area contributed by atoms with Gasteiger partial charge in [0.1, 0.15) is 11.6 Å². The summed E-state index contributed by atoms with van der Waals surface area (Å²) in [7, 11) is 0. The average molecular weight is 161 g/mol. The Hall–Kier alpha value is -1.03. The fourth-order valence-electron chi connectivity index (χ4n) is 0.734. The van der Waals surface area contributed by atoms with Gasteiger partial charge in [-0.05, 0) is 12.1 Å². The molecule has 4 heteroatoms. The van der Waals surface area contributed by atoms with Crippen molar-refractivity contribution in [2.24, 2.45) is 5.73 Å². The van der Waals surface area contributed by atoms with E-state index in [4.69, 9.17) is 5.73 Å². The van der Waals surface area contributed by atoms with Crippen LogP contribution in [0.3, 0.4) is 0 Å². The molecular formula is C7H6F3N. The van der Waals surface area contributed by atoms with Gasteiger partial charge in [-0.2, -0.15) is 0 Å². The summed E-state index contributed by atoms with van der Waals surface area (Å²) >= 11 is 0. The van der Waals surface area contributed by atoms with Crippen LogP contribution in [0.15, 0.2) is 18.2 Å². The largest absolute Gasteiger partial charge is 0.298 e. The first-order valence-electron chi connectivity index (χ1n) is 2.95. The number of hydrogen-bond donors (Lipinski definition) is 1. The van der Waals surface area contributed by atoms with Crippen LogP contribution in [0, 0.1) is 11.6 Å². The van der Waals surface area contributed by atoms with Crippen LogP contribution in [0.5, 0.6) is 0 Å². The molecule has 1 aromatic carbocycles. The van der Waals surface area contributed by atoms with E-state index in [1.54, 1.807) is 0 Å². The first kappa shape index (κ1) is 8.07. The minimum Gasteiger partial charge on any atom is -0.298 e. The molecule has 0 radical (unpaired) electrons. The fourth-order valence-corrected chi connectivity index (χ4v) is 0.734. The molecule has 1 rings (SSSR count). The van der Waals surface area contributed by atoms with E-state index in [9.17, 15) is 13.2 Å². The number of hydrogen-bond acceptors (Lipinski definition) is 1. The highest BCUT2D eigenvalue weighted by atomic mass is 19.1. The minimum absolute atomic E-state index is 0.192. The lowest BCUT2D eigenvalue weighted by Crippen LogP contribution is -2.04. The minimum atomic E-state index is -1.83. The summed E-state index contributed by atoms with van der Waals surface area (Å²) in [6.07, 6.45) is -1.83. The van der Waals surface area contributed by atoms with Gasteiger partial charge >= 0.3 is 0 Å². The smallest absolute Gasteiger partial charge is 0.174 e. The normalized spacial score (nSPS) is 13.1. The summed E-state index contributed by atoms with van der Waals surface area (Å²) in [5, 5.41) is 0. The van der Waals surface area contributed by atoms with E-state index in [2.05, 4.69) is 0 Å². The van der Waals surface area contributed by atoms with Gasteiger partial charge in [0, 0.05) is 11.6 Å². The Morgan fingerprint density at radius 2 is 1.55 bits per heavy atom. The Labute approximate surface area is 61.6 Å². The standard InChI is InChI=1S/C7H6F3N/c8-5-1-4(7(10)11)2-6(9)3-5/h1-3,7H,11H2. The predicted octanol–water partition coefficient (Wildman–Crippen LogP) is 1.89. The number of halogens is 3. The third kappa shape index (κ3) is 1.94. The van der Waals surface area contributed by atoms with Crippen molar-refractivity contribution in [2.45, 2.75) is 6.30 Å². The average Bonchev–Trinajstić information content (AvgIpc) is 1.85. The van der Waals surface area contributed by atoms with Crippen LogP contribution in [0.1, 0.15) is 11.9 Å². The lowest BCUT2D eigenvalue weighted by Gasteiger charge is -2.01. The van der Waals surface area contributed by atoms with Crippen molar-refractivity contribution in [3.8, 4) is 0 Å². The van der Waals surface area contributed by atoms with Gasteiger partial charge in [0.05, 0.1) is 0 Å². The van der Waals surface area contributed by atoms with E-state index >= 15 is 0 Å². The van der Waals surface area contributed by atoms with Gasteiger partial charge in [-0.25, -0.2) is 13.2 Å². The van der Waals surface area contributed by atoms with E-state index in [-0.39, 0.29) is 5.56 Å². The molecule has 0 aromatic heterocycles. The Balaban J connectivity index is 3.08. The molecular weight excluding hydrogens is 155 g/mol. The van der Waals surface area contributed by atoms with Gasteiger partial charge < -0.3 is 0 Å². The third-order valence-electron chi connectivity index (χ3n) is 1.20. The fraction of sp³-hybridized carbons (Fsp3) is 0.143. The molecule has 0 bridgehead atoms. The van der Waals surface area contributed by atoms with Crippen molar-refractivity contribution in [2.75, 3.05) is 0 Å². The van der Waals surface area contributed by atoms with Gasteiger partial charge in [-0.1, -0.05) is 0 Å². The Morgan fingerprint density at radius 1 is 1.09 bits per heavy atom. The lowest BCUT2D eigenvalue weighted by molar-refractivity contribution is 0.353. The SMILES string of the molecule is NC(F)c1cc(F)cc(F)c1. The summed E-state index contributed by atoms with van der Waals surface area (Å²) < 4.78 is 36.9. The number of rotatable bonds is 1. The molecule has 0 heterocycles.